The molecule has 1 fully saturated rings. The first-order chi connectivity index (χ1) is 15.2. The number of rotatable bonds is 5. The summed E-state index contributed by atoms with van der Waals surface area (Å²) in [6, 6.07) is 18.2. The van der Waals surface area contributed by atoms with Crippen molar-refractivity contribution in [2.75, 3.05) is 0 Å². The van der Waals surface area contributed by atoms with E-state index in [1.54, 1.807) is 6.20 Å². The van der Waals surface area contributed by atoms with E-state index >= 15 is 0 Å². The van der Waals surface area contributed by atoms with Gasteiger partial charge in [-0.2, -0.15) is 0 Å². The van der Waals surface area contributed by atoms with Gasteiger partial charge in [0, 0.05) is 43.2 Å². The first kappa shape index (κ1) is 19.4. The maximum absolute atomic E-state index is 5.79. The van der Waals surface area contributed by atoms with Gasteiger partial charge in [0.25, 0.3) is 0 Å². The van der Waals surface area contributed by atoms with E-state index in [-0.39, 0.29) is 12.1 Å². The van der Waals surface area contributed by atoms with Crippen LogP contribution in [-0.2, 0) is 6.54 Å². The minimum Gasteiger partial charge on any atom is -0.352 e. The third-order valence-corrected chi connectivity index (χ3v) is 5.85. The third kappa shape index (κ3) is 3.80. The maximum atomic E-state index is 5.79. The molecule has 154 valence electrons. The normalized spacial score (nSPS) is 18.2. The SMILES string of the molecule is Cc1ccc(-n2cccc2[C@H]2[C@@H](c3ccccn3)NC(=S)N2Cc2cccnc2)nc1. The molecule has 5 heterocycles. The van der Waals surface area contributed by atoms with Crippen molar-refractivity contribution in [3.8, 4) is 5.82 Å². The molecule has 31 heavy (non-hydrogen) atoms. The average Bonchev–Trinajstić information content (AvgIpc) is 3.40. The molecular formula is C24H22N6S. The van der Waals surface area contributed by atoms with Crippen molar-refractivity contribution in [3.63, 3.8) is 0 Å². The Kier molecular flexibility index (Phi) is 5.18. The van der Waals surface area contributed by atoms with E-state index in [2.05, 4.69) is 54.0 Å². The largest absolute Gasteiger partial charge is 0.352 e. The van der Waals surface area contributed by atoms with E-state index in [4.69, 9.17) is 12.2 Å². The fourth-order valence-electron chi connectivity index (χ4n) is 4.03. The fourth-order valence-corrected chi connectivity index (χ4v) is 4.34. The van der Waals surface area contributed by atoms with E-state index in [1.165, 1.54) is 0 Å². The number of nitrogens with zero attached hydrogens (tertiary/aromatic N) is 5. The number of hydrogen-bond donors (Lipinski definition) is 1. The van der Waals surface area contributed by atoms with Crippen LogP contribution in [0.2, 0.25) is 0 Å². The summed E-state index contributed by atoms with van der Waals surface area (Å²) in [5.74, 6) is 0.879. The van der Waals surface area contributed by atoms with Crippen LogP contribution in [0.5, 0.6) is 0 Å². The van der Waals surface area contributed by atoms with Gasteiger partial charge < -0.3 is 14.8 Å². The van der Waals surface area contributed by atoms with E-state index in [0.29, 0.717) is 11.7 Å². The summed E-state index contributed by atoms with van der Waals surface area (Å²) in [4.78, 5) is 15.8. The highest BCUT2D eigenvalue weighted by molar-refractivity contribution is 7.80. The minimum absolute atomic E-state index is 0.0549. The predicted molar refractivity (Wildman–Crippen MR) is 124 cm³/mol. The number of pyridine rings is 3. The third-order valence-electron chi connectivity index (χ3n) is 5.50. The lowest BCUT2D eigenvalue weighted by Crippen LogP contribution is -2.30. The molecule has 0 amide bonds. The van der Waals surface area contributed by atoms with E-state index in [0.717, 1.165) is 28.3 Å². The average molecular weight is 427 g/mol. The summed E-state index contributed by atoms with van der Waals surface area (Å²) in [6.45, 7) is 2.69. The molecule has 2 atom stereocenters. The van der Waals surface area contributed by atoms with Crippen molar-refractivity contribution < 1.29 is 0 Å². The molecule has 0 radical (unpaired) electrons. The lowest BCUT2D eigenvalue weighted by molar-refractivity contribution is 0.302. The van der Waals surface area contributed by atoms with Gasteiger partial charge in [-0.3, -0.25) is 9.97 Å². The number of aryl methyl sites for hydroxylation is 1. The van der Waals surface area contributed by atoms with Gasteiger partial charge in [0.2, 0.25) is 0 Å². The van der Waals surface area contributed by atoms with E-state index < -0.39 is 0 Å². The van der Waals surface area contributed by atoms with Crippen molar-refractivity contribution in [3.05, 3.63) is 108 Å². The van der Waals surface area contributed by atoms with Crippen LogP contribution in [0, 0.1) is 6.92 Å². The molecule has 4 aromatic heterocycles. The quantitative estimate of drug-likeness (QED) is 0.484. The Bertz CT molecular complexity index is 1170. The van der Waals surface area contributed by atoms with Crippen molar-refractivity contribution in [2.45, 2.75) is 25.6 Å². The molecule has 6 nitrogen and oxygen atoms in total. The molecule has 7 heteroatoms. The highest BCUT2D eigenvalue weighted by Crippen LogP contribution is 2.40. The Morgan fingerprint density at radius 1 is 0.968 bits per heavy atom. The summed E-state index contributed by atoms with van der Waals surface area (Å²) in [6.07, 6.45) is 9.43. The molecule has 5 rings (SSSR count). The minimum atomic E-state index is -0.0792. The van der Waals surface area contributed by atoms with Gasteiger partial charge in [-0.15, -0.1) is 0 Å². The lowest BCUT2D eigenvalue weighted by atomic mass is 10.0. The Morgan fingerprint density at radius 3 is 2.65 bits per heavy atom. The number of hydrogen-bond acceptors (Lipinski definition) is 4. The van der Waals surface area contributed by atoms with E-state index in [9.17, 15) is 0 Å². The van der Waals surface area contributed by atoms with Gasteiger partial charge in [-0.25, -0.2) is 4.98 Å². The topological polar surface area (TPSA) is 58.9 Å². The Morgan fingerprint density at radius 2 is 1.90 bits per heavy atom. The molecule has 1 saturated heterocycles. The van der Waals surface area contributed by atoms with Gasteiger partial charge in [-0.05, 0) is 66.7 Å². The number of aromatic nitrogens is 4. The summed E-state index contributed by atoms with van der Waals surface area (Å²) in [5.41, 5.74) is 4.28. The zero-order valence-electron chi connectivity index (χ0n) is 17.1. The molecule has 1 aliphatic heterocycles. The second-order valence-electron chi connectivity index (χ2n) is 7.61. The molecule has 4 aromatic rings. The molecule has 0 bridgehead atoms. The second kappa shape index (κ2) is 8.28. The predicted octanol–water partition coefficient (Wildman–Crippen LogP) is 4.14. The van der Waals surface area contributed by atoms with Crippen LogP contribution in [0.3, 0.4) is 0 Å². The summed E-state index contributed by atoms with van der Waals surface area (Å²) >= 11 is 5.79. The van der Waals surface area contributed by atoms with Crippen molar-refractivity contribution in [1.82, 2.24) is 29.7 Å². The summed E-state index contributed by atoms with van der Waals surface area (Å²) < 4.78 is 2.13. The van der Waals surface area contributed by atoms with Crippen molar-refractivity contribution in [2.24, 2.45) is 0 Å². The number of thiocarbonyl (C=S) groups is 1. The lowest BCUT2D eigenvalue weighted by Gasteiger charge is -2.28. The monoisotopic (exact) mass is 426 g/mol. The van der Waals surface area contributed by atoms with Gasteiger partial charge >= 0.3 is 0 Å². The maximum Gasteiger partial charge on any atom is 0.170 e. The van der Waals surface area contributed by atoms with Gasteiger partial charge in [0.1, 0.15) is 5.82 Å². The van der Waals surface area contributed by atoms with E-state index in [1.807, 2.05) is 62.0 Å². The molecule has 1 N–H and O–H groups in total. The standard InChI is InChI=1S/C24H22N6S/c1-17-9-10-21(27-14-17)29-13-5-8-20(29)23-22(19-7-2-3-12-26-19)28-24(31)30(23)16-18-6-4-11-25-15-18/h2-15,22-23H,16H2,1H3,(H,28,31)/t22-,23+/m1/s1. The zero-order chi connectivity index (χ0) is 21.2. The Balaban J connectivity index is 1.60. The van der Waals surface area contributed by atoms with Gasteiger partial charge in [-0.1, -0.05) is 18.2 Å². The zero-order valence-corrected chi connectivity index (χ0v) is 17.9. The molecule has 0 aromatic carbocycles. The number of nitrogens with one attached hydrogen (secondary N) is 1. The second-order valence-corrected chi connectivity index (χ2v) is 8.00. The molecular weight excluding hydrogens is 404 g/mol. The van der Waals surface area contributed by atoms with Gasteiger partial charge in [0.15, 0.2) is 5.11 Å². The molecule has 0 saturated carbocycles. The smallest absolute Gasteiger partial charge is 0.170 e. The van der Waals surface area contributed by atoms with Crippen LogP contribution >= 0.6 is 12.2 Å². The first-order valence-corrected chi connectivity index (χ1v) is 10.6. The van der Waals surface area contributed by atoms with Crippen LogP contribution in [0.1, 0.15) is 34.6 Å². The fraction of sp³-hybridized carbons (Fsp3) is 0.167. The Labute approximate surface area is 186 Å². The van der Waals surface area contributed by atoms with Crippen molar-refractivity contribution >= 4 is 17.3 Å². The molecule has 0 unspecified atom stereocenters. The Hall–Kier alpha value is -3.58. The highest BCUT2D eigenvalue weighted by atomic mass is 32.1. The highest BCUT2D eigenvalue weighted by Gasteiger charge is 2.41. The van der Waals surface area contributed by atoms with Crippen LogP contribution in [0.25, 0.3) is 5.82 Å². The van der Waals surface area contributed by atoms with Crippen LogP contribution in [0.4, 0.5) is 0 Å². The molecule has 0 spiro atoms. The molecule has 1 aliphatic rings. The van der Waals surface area contributed by atoms with Crippen LogP contribution in [0.15, 0.2) is 85.6 Å². The summed E-state index contributed by atoms with van der Waals surface area (Å²) in [5, 5.41) is 4.21. The van der Waals surface area contributed by atoms with Crippen LogP contribution < -0.4 is 5.32 Å². The van der Waals surface area contributed by atoms with Crippen molar-refractivity contribution in [1.29, 1.82) is 0 Å². The summed E-state index contributed by atoms with van der Waals surface area (Å²) in [7, 11) is 0. The first-order valence-electron chi connectivity index (χ1n) is 10.2. The molecule has 0 aliphatic carbocycles. The van der Waals surface area contributed by atoms with Gasteiger partial charge in [0.05, 0.1) is 17.8 Å². The van der Waals surface area contributed by atoms with Crippen LogP contribution in [-0.4, -0.2) is 29.5 Å².